The van der Waals surface area contributed by atoms with Gasteiger partial charge in [-0.3, -0.25) is 9.80 Å². The minimum Gasteiger partial charge on any atom is -0.379 e. The van der Waals surface area contributed by atoms with Gasteiger partial charge in [0.25, 0.3) is 0 Å². The van der Waals surface area contributed by atoms with E-state index in [-0.39, 0.29) is 0 Å². The van der Waals surface area contributed by atoms with Gasteiger partial charge in [0.15, 0.2) is 0 Å². The standard InChI is InChI=1S/C15H25N3O2/c1-2-15(14-17-8-12-20-13-9-17)18(3-1)5-4-16-6-10-19-11-7-16/h1-3H,4-14H2. The summed E-state index contributed by atoms with van der Waals surface area (Å²) in [6.07, 6.45) is 2.20. The lowest BCUT2D eigenvalue weighted by Crippen LogP contribution is -2.39. The molecule has 0 unspecified atom stereocenters. The lowest BCUT2D eigenvalue weighted by molar-refractivity contribution is 0.0317. The van der Waals surface area contributed by atoms with Crippen LogP contribution in [0.3, 0.4) is 0 Å². The molecule has 3 rings (SSSR count). The molecule has 2 saturated heterocycles. The van der Waals surface area contributed by atoms with E-state index in [9.17, 15) is 0 Å². The van der Waals surface area contributed by atoms with Crippen molar-refractivity contribution in [3.63, 3.8) is 0 Å². The van der Waals surface area contributed by atoms with Crippen LogP contribution in [0.5, 0.6) is 0 Å². The minimum absolute atomic E-state index is 0.870. The Balaban J connectivity index is 1.50. The van der Waals surface area contributed by atoms with Crippen molar-refractivity contribution in [3.8, 4) is 0 Å². The zero-order valence-corrected chi connectivity index (χ0v) is 12.2. The molecule has 1 aromatic heterocycles. The van der Waals surface area contributed by atoms with Crippen molar-refractivity contribution in [2.24, 2.45) is 0 Å². The summed E-state index contributed by atoms with van der Waals surface area (Å²) in [5, 5.41) is 0. The number of morpholine rings is 2. The minimum atomic E-state index is 0.870. The number of hydrogen-bond acceptors (Lipinski definition) is 4. The van der Waals surface area contributed by atoms with Gasteiger partial charge in [0.05, 0.1) is 26.4 Å². The Morgan fingerprint density at radius 3 is 2.20 bits per heavy atom. The van der Waals surface area contributed by atoms with E-state index in [4.69, 9.17) is 9.47 Å². The predicted molar refractivity (Wildman–Crippen MR) is 77.8 cm³/mol. The predicted octanol–water partition coefficient (Wildman–Crippen LogP) is 0.653. The first-order valence-corrected chi connectivity index (χ1v) is 7.66. The summed E-state index contributed by atoms with van der Waals surface area (Å²) < 4.78 is 13.2. The topological polar surface area (TPSA) is 29.9 Å². The van der Waals surface area contributed by atoms with Crippen molar-refractivity contribution in [1.29, 1.82) is 0 Å². The van der Waals surface area contributed by atoms with E-state index < -0.39 is 0 Å². The Labute approximate surface area is 121 Å². The van der Waals surface area contributed by atoms with E-state index in [0.717, 1.165) is 72.2 Å². The molecule has 0 radical (unpaired) electrons. The molecule has 0 saturated carbocycles. The van der Waals surface area contributed by atoms with Crippen molar-refractivity contribution in [2.75, 3.05) is 59.2 Å². The van der Waals surface area contributed by atoms with Crippen LogP contribution < -0.4 is 0 Å². The highest BCUT2D eigenvalue weighted by Gasteiger charge is 2.14. The second kappa shape index (κ2) is 7.22. The van der Waals surface area contributed by atoms with Crippen LogP contribution in [0.2, 0.25) is 0 Å². The van der Waals surface area contributed by atoms with Crippen LogP contribution in [-0.2, 0) is 22.6 Å². The molecule has 0 N–H and O–H groups in total. The molecule has 0 atom stereocenters. The van der Waals surface area contributed by atoms with E-state index >= 15 is 0 Å². The number of nitrogens with zero attached hydrogens (tertiary/aromatic N) is 3. The van der Waals surface area contributed by atoms with Crippen LogP contribution >= 0.6 is 0 Å². The second-order valence-electron chi connectivity index (χ2n) is 5.54. The van der Waals surface area contributed by atoms with E-state index in [1.165, 1.54) is 5.69 Å². The zero-order valence-electron chi connectivity index (χ0n) is 12.2. The largest absolute Gasteiger partial charge is 0.379 e. The summed E-state index contributed by atoms with van der Waals surface area (Å²) in [7, 11) is 0. The van der Waals surface area contributed by atoms with Crippen molar-refractivity contribution < 1.29 is 9.47 Å². The molecule has 5 heteroatoms. The first-order valence-electron chi connectivity index (χ1n) is 7.66. The Morgan fingerprint density at radius 1 is 0.850 bits per heavy atom. The number of hydrogen-bond donors (Lipinski definition) is 0. The van der Waals surface area contributed by atoms with Gasteiger partial charge in [0.1, 0.15) is 0 Å². The highest BCUT2D eigenvalue weighted by atomic mass is 16.5. The Morgan fingerprint density at radius 2 is 1.50 bits per heavy atom. The number of aromatic nitrogens is 1. The first kappa shape index (κ1) is 14.1. The molecule has 2 fully saturated rings. The fraction of sp³-hybridized carbons (Fsp3) is 0.733. The molecule has 20 heavy (non-hydrogen) atoms. The van der Waals surface area contributed by atoms with Gasteiger partial charge < -0.3 is 14.0 Å². The quantitative estimate of drug-likeness (QED) is 0.792. The number of ether oxygens (including phenoxy) is 2. The number of rotatable bonds is 5. The van der Waals surface area contributed by atoms with Gasteiger partial charge in [0, 0.05) is 57.7 Å². The van der Waals surface area contributed by atoms with Gasteiger partial charge in [-0.05, 0) is 12.1 Å². The van der Waals surface area contributed by atoms with Gasteiger partial charge >= 0.3 is 0 Å². The monoisotopic (exact) mass is 279 g/mol. The Hall–Kier alpha value is -0.880. The lowest BCUT2D eigenvalue weighted by Gasteiger charge is -2.28. The highest BCUT2D eigenvalue weighted by molar-refractivity contribution is 5.07. The van der Waals surface area contributed by atoms with Gasteiger partial charge in [-0.2, -0.15) is 0 Å². The van der Waals surface area contributed by atoms with Crippen LogP contribution in [0.25, 0.3) is 0 Å². The molecule has 0 spiro atoms. The van der Waals surface area contributed by atoms with Gasteiger partial charge in [-0.15, -0.1) is 0 Å². The van der Waals surface area contributed by atoms with Crippen LogP contribution in [-0.4, -0.2) is 73.5 Å². The van der Waals surface area contributed by atoms with E-state index in [1.54, 1.807) is 0 Å². The summed E-state index contributed by atoms with van der Waals surface area (Å²) in [6, 6.07) is 4.41. The molecule has 5 nitrogen and oxygen atoms in total. The van der Waals surface area contributed by atoms with Crippen LogP contribution in [0.1, 0.15) is 5.69 Å². The average molecular weight is 279 g/mol. The smallest absolute Gasteiger partial charge is 0.0594 e. The van der Waals surface area contributed by atoms with Gasteiger partial charge in [-0.1, -0.05) is 0 Å². The molecule has 3 heterocycles. The van der Waals surface area contributed by atoms with Crippen LogP contribution in [0.15, 0.2) is 18.3 Å². The molecule has 0 aromatic carbocycles. The highest BCUT2D eigenvalue weighted by Crippen LogP contribution is 2.09. The Bertz CT molecular complexity index is 396. The SMILES string of the molecule is c1cc(CN2CCOCC2)n(CCN2CCOCC2)c1. The molecule has 2 aliphatic rings. The summed E-state index contributed by atoms with van der Waals surface area (Å²) in [5.74, 6) is 0. The van der Waals surface area contributed by atoms with Gasteiger partial charge in [0.2, 0.25) is 0 Å². The molecule has 112 valence electrons. The molecule has 2 aliphatic heterocycles. The maximum atomic E-state index is 5.41. The molecule has 1 aromatic rings. The van der Waals surface area contributed by atoms with Crippen molar-refractivity contribution >= 4 is 0 Å². The summed E-state index contributed by atoms with van der Waals surface area (Å²) in [4.78, 5) is 4.96. The Kier molecular flexibility index (Phi) is 5.08. The summed E-state index contributed by atoms with van der Waals surface area (Å²) in [6.45, 7) is 11.0. The molecular formula is C15H25N3O2. The van der Waals surface area contributed by atoms with Crippen molar-refractivity contribution in [1.82, 2.24) is 14.4 Å². The molecule has 0 bridgehead atoms. The molecule has 0 aliphatic carbocycles. The third kappa shape index (κ3) is 3.82. The van der Waals surface area contributed by atoms with E-state index in [1.807, 2.05) is 0 Å². The van der Waals surface area contributed by atoms with Gasteiger partial charge in [-0.25, -0.2) is 0 Å². The summed E-state index contributed by atoms with van der Waals surface area (Å²) >= 11 is 0. The van der Waals surface area contributed by atoms with Crippen molar-refractivity contribution in [3.05, 3.63) is 24.0 Å². The summed E-state index contributed by atoms with van der Waals surface area (Å²) in [5.41, 5.74) is 1.42. The second-order valence-corrected chi connectivity index (χ2v) is 5.54. The maximum absolute atomic E-state index is 5.41. The maximum Gasteiger partial charge on any atom is 0.0594 e. The van der Waals surface area contributed by atoms with Crippen LogP contribution in [0.4, 0.5) is 0 Å². The normalized spacial score (nSPS) is 22.2. The third-order valence-corrected chi connectivity index (χ3v) is 4.17. The van der Waals surface area contributed by atoms with E-state index in [2.05, 4.69) is 32.7 Å². The first-order chi connectivity index (χ1) is 9.92. The molecular weight excluding hydrogens is 254 g/mol. The fourth-order valence-electron chi connectivity index (χ4n) is 2.87. The fourth-order valence-corrected chi connectivity index (χ4v) is 2.87. The zero-order chi connectivity index (χ0) is 13.6. The van der Waals surface area contributed by atoms with E-state index in [0.29, 0.717) is 0 Å². The lowest BCUT2D eigenvalue weighted by atomic mass is 10.3. The van der Waals surface area contributed by atoms with Crippen LogP contribution in [0, 0.1) is 0 Å². The third-order valence-electron chi connectivity index (χ3n) is 4.17. The average Bonchev–Trinajstić information content (AvgIpc) is 2.94. The molecule has 0 amide bonds. The van der Waals surface area contributed by atoms with Crippen molar-refractivity contribution in [2.45, 2.75) is 13.1 Å².